The molecule has 0 spiro atoms. The Hall–Kier alpha value is -0.220. The van der Waals surface area contributed by atoms with Gasteiger partial charge in [-0.3, -0.25) is 4.79 Å². The number of nitrogens with two attached hydrogens (primary N) is 1. The molecule has 100 valence electrons. The first-order valence-electron chi connectivity index (χ1n) is 6.66. The molecule has 1 amide bonds. The first kappa shape index (κ1) is 14.8. The van der Waals surface area contributed by atoms with Crippen LogP contribution in [0.3, 0.4) is 0 Å². The highest BCUT2D eigenvalue weighted by molar-refractivity contribution is 7.99. The Morgan fingerprint density at radius 1 is 1.53 bits per heavy atom. The van der Waals surface area contributed by atoms with Gasteiger partial charge in [-0.15, -0.1) is 0 Å². The van der Waals surface area contributed by atoms with E-state index in [9.17, 15) is 4.79 Å². The zero-order chi connectivity index (χ0) is 12.7. The first-order chi connectivity index (χ1) is 8.11. The maximum absolute atomic E-state index is 11.8. The Kier molecular flexibility index (Phi) is 6.97. The van der Waals surface area contributed by atoms with Gasteiger partial charge in [0.05, 0.1) is 0 Å². The molecule has 1 heterocycles. The number of rotatable bonds is 7. The van der Waals surface area contributed by atoms with Crippen LogP contribution in [-0.4, -0.2) is 30.5 Å². The molecule has 1 fully saturated rings. The first-order valence-corrected chi connectivity index (χ1v) is 7.81. The van der Waals surface area contributed by atoms with Crippen LogP contribution in [0.2, 0.25) is 0 Å². The predicted molar refractivity (Wildman–Crippen MR) is 75.1 cm³/mol. The minimum atomic E-state index is 0.179. The second kappa shape index (κ2) is 7.98. The van der Waals surface area contributed by atoms with E-state index in [0.717, 1.165) is 13.0 Å². The van der Waals surface area contributed by atoms with E-state index in [-0.39, 0.29) is 5.91 Å². The molecule has 0 aliphatic carbocycles. The van der Waals surface area contributed by atoms with E-state index in [0.29, 0.717) is 30.7 Å². The Labute approximate surface area is 109 Å². The molecule has 0 aromatic rings. The van der Waals surface area contributed by atoms with E-state index in [4.69, 9.17) is 5.73 Å². The lowest BCUT2D eigenvalue weighted by molar-refractivity contribution is -0.122. The van der Waals surface area contributed by atoms with Crippen molar-refractivity contribution in [3.05, 3.63) is 0 Å². The zero-order valence-electron chi connectivity index (χ0n) is 11.1. The maximum Gasteiger partial charge on any atom is 0.220 e. The van der Waals surface area contributed by atoms with Gasteiger partial charge in [-0.2, -0.15) is 11.8 Å². The van der Waals surface area contributed by atoms with E-state index in [1.807, 2.05) is 11.8 Å². The van der Waals surface area contributed by atoms with Crippen LogP contribution < -0.4 is 11.1 Å². The SMILES string of the molecule is CC(C)C[C@H](CN)CC(=O)NCC1CCSC1. The minimum absolute atomic E-state index is 0.179. The van der Waals surface area contributed by atoms with Gasteiger partial charge in [-0.05, 0) is 48.6 Å². The lowest BCUT2D eigenvalue weighted by Crippen LogP contribution is -2.32. The molecule has 0 aromatic carbocycles. The molecule has 1 aliphatic rings. The van der Waals surface area contributed by atoms with E-state index >= 15 is 0 Å². The van der Waals surface area contributed by atoms with Gasteiger partial charge >= 0.3 is 0 Å². The molecule has 3 N–H and O–H groups in total. The van der Waals surface area contributed by atoms with Gasteiger partial charge in [0.1, 0.15) is 0 Å². The molecule has 0 aromatic heterocycles. The van der Waals surface area contributed by atoms with E-state index in [2.05, 4.69) is 19.2 Å². The molecular formula is C13H26N2OS. The van der Waals surface area contributed by atoms with Crippen LogP contribution in [0.25, 0.3) is 0 Å². The Bertz CT molecular complexity index is 227. The zero-order valence-corrected chi connectivity index (χ0v) is 11.9. The van der Waals surface area contributed by atoms with Crippen molar-refractivity contribution in [2.75, 3.05) is 24.6 Å². The average molecular weight is 258 g/mol. The van der Waals surface area contributed by atoms with E-state index in [1.165, 1.54) is 17.9 Å². The van der Waals surface area contributed by atoms with Crippen molar-refractivity contribution in [3.63, 3.8) is 0 Å². The van der Waals surface area contributed by atoms with Gasteiger partial charge < -0.3 is 11.1 Å². The maximum atomic E-state index is 11.8. The normalized spacial score (nSPS) is 21.8. The molecule has 0 bridgehead atoms. The summed E-state index contributed by atoms with van der Waals surface area (Å²) >= 11 is 1.99. The Morgan fingerprint density at radius 3 is 2.82 bits per heavy atom. The summed E-state index contributed by atoms with van der Waals surface area (Å²) in [5.41, 5.74) is 5.70. The molecule has 4 heteroatoms. The number of hydrogen-bond acceptors (Lipinski definition) is 3. The number of hydrogen-bond donors (Lipinski definition) is 2. The summed E-state index contributed by atoms with van der Waals surface area (Å²) in [5, 5.41) is 3.05. The number of amides is 1. The highest BCUT2D eigenvalue weighted by Gasteiger charge is 2.18. The molecule has 1 unspecified atom stereocenters. The summed E-state index contributed by atoms with van der Waals surface area (Å²) in [6.07, 6.45) is 2.88. The molecule has 0 saturated carbocycles. The van der Waals surface area contributed by atoms with Crippen molar-refractivity contribution < 1.29 is 4.79 Å². The van der Waals surface area contributed by atoms with Gasteiger partial charge in [0.15, 0.2) is 0 Å². The Morgan fingerprint density at radius 2 is 2.29 bits per heavy atom. The van der Waals surface area contributed by atoms with Crippen LogP contribution in [0.1, 0.15) is 33.1 Å². The molecule has 1 rings (SSSR count). The summed E-state index contributed by atoms with van der Waals surface area (Å²) in [4.78, 5) is 11.8. The van der Waals surface area contributed by atoms with Crippen LogP contribution in [0.15, 0.2) is 0 Å². The molecule has 1 saturated heterocycles. The fraction of sp³-hybridized carbons (Fsp3) is 0.923. The van der Waals surface area contributed by atoms with Gasteiger partial charge in [-0.25, -0.2) is 0 Å². The van der Waals surface area contributed by atoms with Gasteiger partial charge in [0.25, 0.3) is 0 Å². The molecule has 1 aliphatic heterocycles. The van der Waals surface area contributed by atoms with Crippen LogP contribution in [-0.2, 0) is 4.79 Å². The largest absolute Gasteiger partial charge is 0.356 e. The number of carbonyl (C=O) groups excluding carboxylic acids is 1. The fourth-order valence-electron chi connectivity index (χ4n) is 2.27. The van der Waals surface area contributed by atoms with Gasteiger partial charge in [-0.1, -0.05) is 13.8 Å². The quantitative estimate of drug-likeness (QED) is 0.733. The van der Waals surface area contributed by atoms with Crippen molar-refractivity contribution in [2.45, 2.75) is 33.1 Å². The topological polar surface area (TPSA) is 55.1 Å². The van der Waals surface area contributed by atoms with Crippen LogP contribution >= 0.6 is 11.8 Å². The summed E-state index contributed by atoms with van der Waals surface area (Å²) in [6.45, 7) is 5.82. The van der Waals surface area contributed by atoms with Crippen LogP contribution in [0.5, 0.6) is 0 Å². The third kappa shape index (κ3) is 6.32. The highest BCUT2D eigenvalue weighted by atomic mass is 32.2. The summed E-state index contributed by atoms with van der Waals surface area (Å²) < 4.78 is 0. The second-order valence-electron chi connectivity index (χ2n) is 5.47. The third-order valence-electron chi connectivity index (χ3n) is 3.22. The van der Waals surface area contributed by atoms with E-state index in [1.54, 1.807) is 0 Å². The van der Waals surface area contributed by atoms with Gasteiger partial charge in [0.2, 0.25) is 5.91 Å². The van der Waals surface area contributed by atoms with Crippen molar-refractivity contribution >= 4 is 17.7 Å². The van der Waals surface area contributed by atoms with Crippen molar-refractivity contribution in [1.82, 2.24) is 5.32 Å². The van der Waals surface area contributed by atoms with Crippen molar-refractivity contribution in [2.24, 2.45) is 23.5 Å². The van der Waals surface area contributed by atoms with Crippen LogP contribution in [0, 0.1) is 17.8 Å². The monoisotopic (exact) mass is 258 g/mol. The lowest BCUT2D eigenvalue weighted by atomic mass is 9.94. The fourth-order valence-corrected chi connectivity index (χ4v) is 3.55. The average Bonchev–Trinajstić information content (AvgIpc) is 2.77. The summed E-state index contributed by atoms with van der Waals surface area (Å²) in [7, 11) is 0. The standard InChI is InChI=1S/C13H26N2OS/c1-10(2)5-12(7-14)6-13(16)15-8-11-3-4-17-9-11/h10-12H,3-9,14H2,1-2H3,(H,15,16)/t11?,12-/m0/s1. The van der Waals surface area contributed by atoms with E-state index < -0.39 is 0 Å². The van der Waals surface area contributed by atoms with Crippen molar-refractivity contribution in [3.8, 4) is 0 Å². The smallest absolute Gasteiger partial charge is 0.220 e. The number of thioether (sulfide) groups is 1. The molecule has 2 atom stereocenters. The number of carbonyl (C=O) groups is 1. The predicted octanol–water partition coefficient (Wildman–Crippen LogP) is 1.87. The van der Waals surface area contributed by atoms with Crippen LogP contribution in [0.4, 0.5) is 0 Å². The molecule has 3 nitrogen and oxygen atoms in total. The summed E-state index contributed by atoms with van der Waals surface area (Å²) in [5.74, 6) is 4.27. The molecular weight excluding hydrogens is 232 g/mol. The number of nitrogens with one attached hydrogen (secondary N) is 1. The van der Waals surface area contributed by atoms with Crippen molar-refractivity contribution in [1.29, 1.82) is 0 Å². The Balaban J connectivity index is 2.17. The lowest BCUT2D eigenvalue weighted by Gasteiger charge is -2.17. The van der Waals surface area contributed by atoms with Gasteiger partial charge in [0, 0.05) is 13.0 Å². The summed E-state index contributed by atoms with van der Waals surface area (Å²) in [6, 6.07) is 0. The third-order valence-corrected chi connectivity index (χ3v) is 4.46. The minimum Gasteiger partial charge on any atom is -0.356 e. The highest BCUT2D eigenvalue weighted by Crippen LogP contribution is 2.22. The molecule has 17 heavy (non-hydrogen) atoms. The molecule has 0 radical (unpaired) electrons. The second-order valence-corrected chi connectivity index (χ2v) is 6.62.